The summed E-state index contributed by atoms with van der Waals surface area (Å²) in [5, 5.41) is 8.92. The molecule has 1 aliphatic rings. The van der Waals surface area contributed by atoms with Crippen molar-refractivity contribution in [3.05, 3.63) is 35.4 Å². The van der Waals surface area contributed by atoms with E-state index in [0.717, 1.165) is 12.3 Å². The molecule has 1 saturated carbocycles. The van der Waals surface area contributed by atoms with Crippen LogP contribution in [0.15, 0.2) is 24.3 Å². The Morgan fingerprint density at radius 1 is 1.23 bits per heavy atom. The van der Waals surface area contributed by atoms with Crippen LogP contribution in [0.5, 0.6) is 0 Å². The van der Waals surface area contributed by atoms with Gasteiger partial charge in [0.05, 0.1) is 0 Å². The summed E-state index contributed by atoms with van der Waals surface area (Å²) in [4.78, 5) is 0. The zero-order valence-corrected chi connectivity index (χ0v) is 7.87. The first kappa shape index (κ1) is 8.76. The molecule has 0 bridgehead atoms. The highest BCUT2D eigenvalue weighted by atomic mass is 16.2. The van der Waals surface area contributed by atoms with Crippen LogP contribution in [0.3, 0.4) is 0 Å². The molecule has 1 aromatic rings. The van der Waals surface area contributed by atoms with Crippen molar-refractivity contribution in [2.75, 3.05) is 6.61 Å². The van der Waals surface area contributed by atoms with E-state index < -0.39 is 0 Å². The first-order valence-corrected chi connectivity index (χ1v) is 5.10. The van der Waals surface area contributed by atoms with Crippen molar-refractivity contribution in [3.8, 4) is 0 Å². The lowest BCUT2D eigenvalue weighted by Crippen LogP contribution is -2.11. The molecule has 0 radical (unpaired) electrons. The minimum atomic E-state index is 0.268. The largest absolute Gasteiger partial charge is 0.396 e. The number of aliphatic hydroxyl groups excluding tert-OH is 1. The van der Waals surface area contributed by atoms with E-state index in [0.29, 0.717) is 0 Å². The van der Waals surface area contributed by atoms with Gasteiger partial charge in [-0.2, -0.15) is 0 Å². The first-order chi connectivity index (χ1) is 6.42. The quantitative estimate of drug-likeness (QED) is 0.750. The van der Waals surface area contributed by atoms with E-state index in [1.807, 2.05) is 0 Å². The molecule has 0 atom stereocenters. The molecule has 0 saturated heterocycles. The van der Waals surface area contributed by atoms with Gasteiger partial charge in [0.15, 0.2) is 0 Å². The molecule has 13 heavy (non-hydrogen) atoms. The van der Waals surface area contributed by atoms with Crippen LogP contribution in [-0.2, 0) is 6.42 Å². The maximum absolute atomic E-state index is 8.92. The maximum Gasteiger partial charge on any atom is 0.0471 e. The molecule has 1 N–H and O–H groups in total. The number of hydrogen-bond acceptors (Lipinski definition) is 1. The van der Waals surface area contributed by atoms with Gasteiger partial charge in [-0.1, -0.05) is 30.7 Å². The number of rotatable bonds is 3. The summed E-state index contributed by atoms with van der Waals surface area (Å²) < 4.78 is 0. The fourth-order valence-corrected chi connectivity index (χ4v) is 2.00. The monoisotopic (exact) mass is 176 g/mol. The van der Waals surface area contributed by atoms with Gasteiger partial charge in [0.2, 0.25) is 0 Å². The second-order valence-electron chi connectivity index (χ2n) is 3.80. The van der Waals surface area contributed by atoms with Crippen molar-refractivity contribution < 1.29 is 5.11 Å². The third-order valence-electron chi connectivity index (χ3n) is 2.98. The second kappa shape index (κ2) is 3.93. The van der Waals surface area contributed by atoms with Crippen LogP contribution in [0, 0.1) is 0 Å². The fraction of sp³-hybridized carbons (Fsp3) is 0.500. The number of aliphatic hydroxyl groups is 1. The van der Waals surface area contributed by atoms with Crippen LogP contribution in [0.25, 0.3) is 0 Å². The molecule has 1 aliphatic carbocycles. The lowest BCUT2D eigenvalue weighted by molar-refractivity contribution is 0.298. The minimum absolute atomic E-state index is 0.268. The van der Waals surface area contributed by atoms with Crippen LogP contribution < -0.4 is 0 Å². The van der Waals surface area contributed by atoms with Crippen molar-refractivity contribution >= 4 is 0 Å². The Labute approximate surface area is 79.4 Å². The highest BCUT2D eigenvalue weighted by molar-refractivity contribution is 5.31. The summed E-state index contributed by atoms with van der Waals surface area (Å²) >= 11 is 0. The van der Waals surface area contributed by atoms with Gasteiger partial charge in [0.25, 0.3) is 0 Å². The number of benzene rings is 1. The Bertz CT molecular complexity index is 276. The SMILES string of the molecule is OCCc1ccccc1C1CCC1. The summed E-state index contributed by atoms with van der Waals surface area (Å²) in [6.45, 7) is 0.268. The summed E-state index contributed by atoms with van der Waals surface area (Å²) in [7, 11) is 0. The maximum atomic E-state index is 8.92. The average Bonchev–Trinajstić information content (AvgIpc) is 2.05. The molecule has 0 aromatic heterocycles. The zero-order chi connectivity index (χ0) is 9.10. The summed E-state index contributed by atoms with van der Waals surface area (Å²) in [6, 6.07) is 8.53. The highest BCUT2D eigenvalue weighted by Gasteiger charge is 2.21. The molecule has 1 nitrogen and oxygen atoms in total. The van der Waals surface area contributed by atoms with Crippen LogP contribution in [0.4, 0.5) is 0 Å². The average molecular weight is 176 g/mol. The molecule has 0 heterocycles. The normalized spacial score (nSPS) is 17.0. The van der Waals surface area contributed by atoms with Gasteiger partial charge in [-0.15, -0.1) is 0 Å². The molecule has 0 aliphatic heterocycles. The van der Waals surface area contributed by atoms with E-state index in [-0.39, 0.29) is 6.61 Å². The molecule has 1 aromatic carbocycles. The Balaban J connectivity index is 2.20. The highest BCUT2D eigenvalue weighted by Crippen LogP contribution is 2.37. The zero-order valence-electron chi connectivity index (χ0n) is 7.87. The molecule has 70 valence electrons. The minimum Gasteiger partial charge on any atom is -0.396 e. The van der Waals surface area contributed by atoms with Crippen LogP contribution in [0.2, 0.25) is 0 Å². The predicted octanol–water partition coefficient (Wildman–Crippen LogP) is 2.49. The second-order valence-corrected chi connectivity index (χ2v) is 3.80. The van der Waals surface area contributed by atoms with Gasteiger partial charge in [-0.3, -0.25) is 0 Å². The van der Waals surface area contributed by atoms with E-state index in [4.69, 9.17) is 5.11 Å². The van der Waals surface area contributed by atoms with Crippen LogP contribution in [-0.4, -0.2) is 11.7 Å². The standard InChI is InChI=1S/C12H16O/c13-9-8-11-4-1-2-7-12(11)10-5-3-6-10/h1-2,4,7,10,13H,3,5-6,8-9H2. The third-order valence-corrected chi connectivity index (χ3v) is 2.98. The molecule has 0 spiro atoms. The van der Waals surface area contributed by atoms with Crippen molar-refractivity contribution in [3.63, 3.8) is 0 Å². The van der Waals surface area contributed by atoms with Crippen molar-refractivity contribution in [2.24, 2.45) is 0 Å². The molecule has 2 rings (SSSR count). The van der Waals surface area contributed by atoms with Crippen molar-refractivity contribution in [1.29, 1.82) is 0 Å². The topological polar surface area (TPSA) is 20.2 Å². The molecule has 1 fully saturated rings. The van der Waals surface area contributed by atoms with Crippen LogP contribution >= 0.6 is 0 Å². The Morgan fingerprint density at radius 3 is 2.62 bits per heavy atom. The van der Waals surface area contributed by atoms with Crippen LogP contribution in [0.1, 0.15) is 36.3 Å². The fourth-order valence-electron chi connectivity index (χ4n) is 2.00. The molecular formula is C12H16O. The van der Waals surface area contributed by atoms with Gasteiger partial charge in [0.1, 0.15) is 0 Å². The Hall–Kier alpha value is -0.820. The third kappa shape index (κ3) is 1.75. The van der Waals surface area contributed by atoms with Gasteiger partial charge in [-0.25, -0.2) is 0 Å². The molecule has 0 amide bonds. The Morgan fingerprint density at radius 2 is 2.00 bits per heavy atom. The summed E-state index contributed by atoms with van der Waals surface area (Å²) in [5.41, 5.74) is 2.82. The van der Waals surface area contributed by atoms with E-state index in [2.05, 4.69) is 24.3 Å². The van der Waals surface area contributed by atoms with Crippen molar-refractivity contribution in [2.45, 2.75) is 31.6 Å². The molecular weight excluding hydrogens is 160 g/mol. The van der Waals surface area contributed by atoms with E-state index in [9.17, 15) is 0 Å². The van der Waals surface area contributed by atoms with E-state index in [1.54, 1.807) is 0 Å². The predicted molar refractivity (Wildman–Crippen MR) is 53.8 cm³/mol. The Kier molecular flexibility index (Phi) is 2.65. The summed E-state index contributed by atoms with van der Waals surface area (Å²) in [5.74, 6) is 0.780. The van der Waals surface area contributed by atoms with Gasteiger partial charge < -0.3 is 5.11 Å². The van der Waals surface area contributed by atoms with Gasteiger partial charge >= 0.3 is 0 Å². The molecule has 1 heteroatoms. The first-order valence-electron chi connectivity index (χ1n) is 5.10. The number of hydrogen-bond donors (Lipinski definition) is 1. The van der Waals surface area contributed by atoms with Gasteiger partial charge in [-0.05, 0) is 36.3 Å². The lowest BCUT2D eigenvalue weighted by atomic mass is 9.78. The van der Waals surface area contributed by atoms with Crippen molar-refractivity contribution in [1.82, 2.24) is 0 Å². The smallest absolute Gasteiger partial charge is 0.0471 e. The van der Waals surface area contributed by atoms with E-state index in [1.165, 1.54) is 30.4 Å². The van der Waals surface area contributed by atoms with Gasteiger partial charge in [0, 0.05) is 6.61 Å². The summed E-state index contributed by atoms with van der Waals surface area (Å²) in [6.07, 6.45) is 4.86. The lowest BCUT2D eigenvalue weighted by Gasteiger charge is -2.27. The van der Waals surface area contributed by atoms with E-state index >= 15 is 0 Å². The molecule has 0 unspecified atom stereocenters.